The first-order chi connectivity index (χ1) is 5.82. The van der Waals surface area contributed by atoms with Crippen molar-refractivity contribution in [1.29, 1.82) is 0 Å². The smallest absolute Gasteiger partial charge is 0.268 e. The van der Waals surface area contributed by atoms with Crippen molar-refractivity contribution in [3.8, 4) is 0 Å². The van der Waals surface area contributed by atoms with Crippen LogP contribution in [0.5, 0.6) is 0 Å². The second-order valence-electron chi connectivity index (χ2n) is 4.39. The Morgan fingerprint density at radius 2 is 1.92 bits per heavy atom. The standard InChI is InChI=1S/C10H16N2O/c1-7-6-8(10(2,3)4)11-12(5)9(7)13/h6H,1-5H3. The summed E-state index contributed by atoms with van der Waals surface area (Å²) in [6.45, 7) is 8.07. The minimum Gasteiger partial charge on any atom is -0.268 e. The number of hydrogen-bond acceptors (Lipinski definition) is 2. The van der Waals surface area contributed by atoms with Crippen LogP contribution in [0.1, 0.15) is 32.0 Å². The van der Waals surface area contributed by atoms with Crippen LogP contribution in [-0.4, -0.2) is 9.78 Å². The zero-order chi connectivity index (χ0) is 10.2. The molecule has 0 bridgehead atoms. The van der Waals surface area contributed by atoms with Crippen molar-refractivity contribution in [2.75, 3.05) is 0 Å². The first-order valence-corrected chi connectivity index (χ1v) is 4.38. The molecule has 0 radical (unpaired) electrons. The molecule has 1 aromatic heterocycles. The molecule has 1 rings (SSSR count). The Hall–Kier alpha value is -1.12. The molecule has 0 fully saturated rings. The van der Waals surface area contributed by atoms with Gasteiger partial charge in [-0.1, -0.05) is 20.8 Å². The van der Waals surface area contributed by atoms with Crippen LogP contribution in [-0.2, 0) is 12.5 Å². The van der Waals surface area contributed by atoms with Crippen LogP contribution in [0.4, 0.5) is 0 Å². The van der Waals surface area contributed by atoms with Gasteiger partial charge in [-0.25, -0.2) is 4.68 Å². The molecule has 0 aromatic carbocycles. The van der Waals surface area contributed by atoms with Crippen molar-refractivity contribution in [2.24, 2.45) is 7.05 Å². The highest BCUT2D eigenvalue weighted by molar-refractivity contribution is 5.17. The fraction of sp³-hybridized carbons (Fsp3) is 0.600. The van der Waals surface area contributed by atoms with Crippen molar-refractivity contribution in [3.05, 3.63) is 27.7 Å². The second-order valence-corrected chi connectivity index (χ2v) is 4.39. The predicted molar refractivity (Wildman–Crippen MR) is 52.9 cm³/mol. The molecule has 13 heavy (non-hydrogen) atoms. The lowest BCUT2D eigenvalue weighted by Crippen LogP contribution is -2.27. The Balaban J connectivity index is 3.38. The molecule has 1 heterocycles. The van der Waals surface area contributed by atoms with E-state index in [2.05, 4.69) is 25.9 Å². The zero-order valence-electron chi connectivity index (χ0n) is 8.88. The topological polar surface area (TPSA) is 34.9 Å². The molecule has 0 saturated heterocycles. The molecule has 0 aliphatic carbocycles. The summed E-state index contributed by atoms with van der Waals surface area (Å²) >= 11 is 0. The van der Waals surface area contributed by atoms with Crippen molar-refractivity contribution in [2.45, 2.75) is 33.1 Å². The lowest BCUT2D eigenvalue weighted by Gasteiger charge is -2.18. The highest BCUT2D eigenvalue weighted by Gasteiger charge is 2.17. The van der Waals surface area contributed by atoms with Gasteiger partial charge in [-0.2, -0.15) is 5.10 Å². The molecule has 0 unspecified atom stereocenters. The normalized spacial score (nSPS) is 11.8. The fourth-order valence-electron chi connectivity index (χ4n) is 1.12. The number of aryl methyl sites for hydroxylation is 2. The molecule has 0 atom stereocenters. The molecule has 0 spiro atoms. The van der Waals surface area contributed by atoms with E-state index in [1.165, 1.54) is 4.68 Å². The van der Waals surface area contributed by atoms with E-state index in [4.69, 9.17) is 0 Å². The first-order valence-electron chi connectivity index (χ1n) is 4.38. The van der Waals surface area contributed by atoms with Gasteiger partial charge in [0.05, 0.1) is 5.69 Å². The maximum absolute atomic E-state index is 11.3. The van der Waals surface area contributed by atoms with Gasteiger partial charge in [0.25, 0.3) is 5.56 Å². The molecule has 0 aliphatic heterocycles. The molecule has 72 valence electrons. The van der Waals surface area contributed by atoms with Gasteiger partial charge in [-0.3, -0.25) is 4.79 Å². The first kappa shape index (κ1) is 9.96. The highest BCUT2D eigenvalue weighted by atomic mass is 16.1. The Morgan fingerprint density at radius 1 is 1.38 bits per heavy atom. The van der Waals surface area contributed by atoms with Crippen molar-refractivity contribution < 1.29 is 0 Å². The maximum Gasteiger partial charge on any atom is 0.269 e. The average molecular weight is 180 g/mol. The third kappa shape index (κ3) is 1.97. The number of aromatic nitrogens is 2. The van der Waals surface area contributed by atoms with Gasteiger partial charge in [0, 0.05) is 18.0 Å². The molecule has 3 nitrogen and oxygen atoms in total. The van der Waals surface area contributed by atoms with Crippen LogP contribution >= 0.6 is 0 Å². The van der Waals surface area contributed by atoms with Crippen molar-refractivity contribution in [3.63, 3.8) is 0 Å². The van der Waals surface area contributed by atoms with Gasteiger partial charge in [-0.15, -0.1) is 0 Å². The van der Waals surface area contributed by atoms with Crippen LogP contribution in [0.3, 0.4) is 0 Å². The maximum atomic E-state index is 11.3. The predicted octanol–water partition coefficient (Wildman–Crippen LogP) is 1.39. The van der Waals surface area contributed by atoms with E-state index in [-0.39, 0.29) is 11.0 Å². The Morgan fingerprint density at radius 3 is 2.31 bits per heavy atom. The Kier molecular flexibility index (Phi) is 2.28. The monoisotopic (exact) mass is 180 g/mol. The van der Waals surface area contributed by atoms with Crippen LogP contribution in [0.25, 0.3) is 0 Å². The van der Waals surface area contributed by atoms with Gasteiger partial charge in [-0.05, 0) is 13.0 Å². The zero-order valence-corrected chi connectivity index (χ0v) is 8.88. The number of rotatable bonds is 0. The lowest BCUT2D eigenvalue weighted by molar-refractivity contribution is 0.529. The summed E-state index contributed by atoms with van der Waals surface area (Å²) in [4.78, 5) is 11.3. The van der Waals surface area contributed by atoms with Gasteiger partial charge >= 0.3 is 0 Å². The van der Waals surface area contributed by atoms with Gasteiger partial charge in [0.1, 0.15) is 0 Å². The molecule has 1 aromatic rings. The molecule has 0 aliphatic rings. The summed E-state index contributed by atoms with van der Waals surface area (Å²) < 4.78 is 1.40. The Labute approximate surface area is 78.4 Å². The minimum absolute atomic E-state index is 0.00375. The molecule has 3 heteroatoms. The molecular weight excluding hydrogens is 164 g/mol. The second kappa shape index (κ2) is 2.98. The van der Waals surface area contributed by atoms with E-state index in [1.807, 2.05) is 13.0 Å². The van der Waals surface area contributed by atoms with E-state index in [9.17, 15) is 4.79 Å². The summed E-state index contributed by atoms with van der Waals surface area (Å²) in [6, 6.07) is 1.86. The molecule has 0 amide bonds. The third-order valence-electron chi connectivity index (χ3n) is 2.01. The van der Waals surface area contributed by atoms with Gasteiger partial charge in [0.2, 0.25) is 0 Å². The van der Waals surface area contributed by atoms with Gasteiger partial charge < -0.3 is 0 Å². The average Bonchev–Trinajstić information content (AvgIpc) is 1.97. The lowest BCUT2D eigenvalue weighted by atomic mass is 9.91. The Bertz CT molecular complexity index is 345. The van der Waals surface area contributed by atoms with Crippen LogP contribution in [0, 0.1) is 6.92 Å². The van der Waals surface area contributed by atoms with E-state index in [1.54, 1.807) is 7.05 Å². The fourth-order valence-corrected chi connectivity index (χ4v) is 1.12. The molecule has 0 saturated carbocycles. The van der Waals surface area contributed by atoms with Crippen LogP contribution in [0.15, 0.2) is 10.9 Å². The number of nitrogens with zero attached hydrogens (tertiary/aromatic N) is 2. The molecule has 0 N–H and O–H groups in total. The van der Waals surface area contributed by atoms with Crippen molar-refractivity contribution >= 4 is 0 Å². The summed E-state index contributed by atoms with van der Waals surface area (Å²) in [7, 11) is 1.69. The summed E-state index contributed by atoms with van der Waals surface area (Å²) in [5.74, 6) is 0. The van der Waals surface area contributed by atoms with E-state index in [0.717, 1.165) is 11.3 Å². The quantitative estimate of drug-likeness (QED) is 0.604. The summed E-state index contributed by atoms with van der Waals surface area (Å²) in [5.41, 5.74) is 1.68. The van der Waals surface area contributed by atoms with E-state index < -0.39 is 0 Å². The largest absolute Gasteiger partial charge is 0.269 e. The summed E-state index contributed by atoms with van der Waals surface area (Å²) in [6.07, 6.45) is 0. The number of hydrogen-bond donors (Lipinski definition) is 0. The minimum atomic E-state index is -0.0204. The van der Waals surface area contributed by atoms with E-state index in [0.29, 0.717) is 0 Å². The van der Waals surface area contributed by atoms with Crippen molar-refractivity contribution in [1.82, 2.24) is 9.78 Å². The third-order valence-corrected chi connectivity index (χ3v) is 2.01. The van der Waals surface area contributed by atoms with Crippen LogP contribution in [0.2, 0.25) is 0 Å². The molecular formula is C10H16N2O. The SMILES string of the molecule is Cc1cc(C(C)(C)C)nn(C)c1=O. The van der Waals surface area contributed by atoms with E-state index >= 15 is 0 Å². The van der Waals surface area contributed by atoms with Gasteiger partial charge in [0.15, 0.2) is 0 Å². The van der Waals surface area contributed by atoms with Crippen LogP contribution < -0.4 is 5.56 Å². The summed E-state index contributed by atoms with van der Waals surface area (Å²) in [5, 5.41) is 4.21. The highest BCUT2D eigenvalue weighted by Crippen LogP contribution is 2.18.